The largest absolute Gasteiger partial charge is 0.494 e. The van der Waals surface area contributed by atoms with Crippen molar-refractivity contribution in [3.63, 3.8) is 0 Å². The van der Waals surface area contributed by atoms with Crippen LogP contribution in [0.1, 0.15) is 5.56 Å². The predicted molar refractivity (Wildman–Crippen MR) is 45.5 cm³/mol. The summed E-state index contributed by atoms with van der Waals surface area (Å²) < 4.78 is 17.7. The lowest BCUT2D eigenvalue weighted by atomic mass is 10.2. The maximum absolute atomic E-state index is 12.8. The zero-order valence-corrected chi connectivity index (χ0v) is 7.02. The summed E-state index contributed by atoms with van der Waals surface area (Å²) in [5.41, 5.74) is 3.78. The second kappa shape index (κ2) is 3.40. The van der Waals surface area contributed by atoms with Gasteiger partial charge in [-0.3, -0.25) is 5.84 Å². The number of nitrogens with two attached hydrogens (primary N) is 1. The van der Waals surface area contributed by atoms with Gasteiger partial charge in [-0.05, 0) is 18.6 Å². The molecule has 0 saturated heterocycles. The Balaban J connectivity index is 3.24. The molecule has 3 nitrogen and oxygen atoms in total. The number of hydrazine groups is 1. The molecule has 0 spiro atoms. The van der Waals surface area contributed by atoms with Gasteiger partial charge in [0.15, 0.2) is 0 Å². The third-order valence-electron chi connectivity index (χ3n) is 1.63. The molecule has 1 aromatic rings. The first-order valence-corrected chi connectivity index (χ1v) is 3.49. The lowest BCUT2D eigenvalue weighted by Gasteiger charge is -2.10. The molecule has 0 saturated carbocycles. The number of benzene rings is 1. The van der Waals surface area contributed by atoms with Gasteiger partial charge in [0.05, 0.1) is 12.8 Å². The molecule has 1 rings (SSSR count). The van der Waals surface area contributed by atoms with Gasteiger partial charge in [-0.1, -0.05) is 0 Å². The highest BCUT2D eigenvalue weighted by Crippen LogP contribution is 2.27. The molecule has 0 aliphatic rings. The summed E-state index contributed by atoms with van der Waals surface area (Å²) in [6, 6.07) is 2.67. The van der Waals surface area contributed by atoms with Crippen molar-refractivity contribution in [2.45, 2.75) is 6.92 Å². The van der Waals surface area contributed by atoms with Crippen LogP contribution in [0.3, 0.4) is 0 Å². The lowest BCUT2D eigenvalue weighted by Crippen LogP contribution is -2.09. The van der Waals surface area contributed by atoms with Crippen LogP contribution < -0.4 is 16.0 Å². The van der Waals surface area contributed by atoms with Crippen molar-refractivity contribution >= 4 is 5.69 Å². The summed E-state index contributed by atoms with van der Waals surface area (Å²) in [6.07, 6.45) is 0. The third-order valence-corrected chi connectivity index (χ3v) is 1.63. The average Bonchev–Trinajstić information content (AvgIpc) is 2.03. The van der Waals surface area contributed by atoms with Crippen molar-refractivity contribution in [3.05, 3.63) is 23.5 Å². The quantitative estimate of drug-likeness (QED) is 0.521. The first kappa shape index (κ1) is 8.80. The van der Waals surface area contributed by atoms with Gasteiger partial charge in [0.25, 0.3) is 0 Å². The molecule has 0 fully saturated rings. The number of rotatable bonds is 2. The Morgan fingerprint density at radius 2 is 2.17 bits per heavy atom. The Labute approximate surface area is 70.3 Å². The van der Waals surface area contributed by atoms with Crippen LogP contribution in [-0.2, 0) is 0 Å². The number of halogens is 1. The average molecular weight is 170 g/mol. The van der Waals surface area contributed by atoms with Crippen LogP contribution in [0.2, 0.25) is 0 Å². The predicted octanol–water partition coefficient (Wildman–Crippen LogP) is 1.43. The smallest absolute Gasteiger partial charge is 0.146 e. The molecule has 0 heterocycles. The second-order valence-corrected chi connectivity index (χ2v) is 2.44. The van der Waals surface area contributed by atoms with Crippen molar-refractivity contribution in [1.82, 2.24) is 0 Å². The standard InChI is InChI=1S/C8H11FN2O/c1-5-3-6(9)4-7(12-2)8(5)11-10/h3-4,11H,10H2,1-2H3. The molecule has 12 heavy (non-hydrogen) atoms. The minimum Gasteiger partial charge on any atom is -0.494 e. The number of nitrogen functional groups attached to an aromatic ring is 1. The van der Waals surface area contributed by atoms with Gasteiger partial charge in [0, 0.05) is 6.07 Å². The van der Waals surface area contributed by atoms with Gasteiger partial charge in [-0.25, -0.2) is 4.39 Å². The summed E-state index contributed by atoms with van der Waals surface area (Å²) in [5.74, 6) is 5.31. The Morgan fingerprint density at radius 1 is 1.50 bits per heavy atom. The highest BCUT2D eigenvalue weighted by molar-refractivity contribution is 5.61. The lowest BCUT2D eigenvalue weighted by molar-refractivity contribution is 0.412. The molecule has 0 amide bonds. The van der Waals surface area contributed by atoms with Crippen molar-refractivity contribution in [2.24, 2.45) is 5.84 Å². The van der Waals surface area contributed by atoms with Gasteiger partial charge in [-0.15, -0.1) is 0 Å². The topological polar surface area (TPSA) is 47.3 Å². The first-order chi connectivity index (χ1) is 5.69. The highest BCUT2D eigenvalue weighted by atomic mass is 19.1. The van der Waals surface area contributed by atoms with Crippen molar-refractivity contribution in [2.75, 3.05) is 12.5 Å². The Kier molecular flexibility index (Phi) is 2.50. The van der Waals surface area contributed by atoms with Gasteiger partial charge in [0.2, 0.25) is 0 Å². The summed E-state index contributed by atoms with van der Waals surface area (Å²) in [6.45, 7) is 1.75. The van der Waals surface area contributed by atoms with Crippen LogP contribution in [-0.4, -0.2) is 7.11 Å². The van der Waals surface area contributed by atoms with Gasteiger partial charge < -0.3 is 10.2 Å². The number of anilines is 1. The van der Waals surface area contributed by atoms with E-state index >= 15 is 0 Å². The van der Waals surface area contributed by atoms with Crippen LogP contribution in [0, 0.1) is 12.7 Å². The molecule has 66 valence electrons. The summed E-state index contributed by atoms with van der Waals surface area (Å²) in [7, 11) is 1.47. The van der Waals surface area contributed by atoms with Crippen LogP contribution in [0.4, 0.5) is 10.1 Å². The molecule has 1 aromatic carbocycles. The Hall–Kier alpha value is -1.29. The Morgan fingerprint density at radius 3 is 2.67 bits per heavy atom. The monoisotopic (exact) mass is 170 g/mol. The number of hydrogen-bond acceptors (Lipinski definition) is 3. The molecular formula is C8H11FN2O. The van der Waals surface area contributed by atoms with Crippen molar-refractivity contribution in [3.8, 4) is 5.75 Å². The fraction of sp³-hybridized carbons (Fsp3) is 0.250. The summed E-state index contributed by atoms with van der Waals surface area (Å²) in [5, 5.41) is 0. The van der Waals surface area contributed by atoms with E-state index in [-0.39, 0.29) is 5.82 Å². The van der Waals surface area contributed by atoms with E-state index in [1.165, 1.54) is 19.2 Å². The number of nitrogens with one attached hydrogen (secondary N) is 1. The maximum atomic E-state index is 12.8. The van der Waals surface area contributed by atoms with E-state index in [0.717, 1.165) is 0 Å². The van der Waals surface area contributed by atoms with E-state index in [9.17, 15) is 4.39 Å². The molecule has 4 heteroatoms. The zero-order valence-electron chi connectivity index (χ0n) is 7.02. The van der Waals surface area contributed by atoms with Crippen LogP contribution in [0.15, 0.2) is 12.1 Å². The van der Waals surface area contributed by atoms with E-state index < -0.39 is 0 Å². The summed E-state index contributed by atoms with van der Waals surface area (Å²) in [4.78, 5) is 0. The van der Waals surface area contributed by atoms with E-state index in [2.05, 4.69) is 5.43 Å². The molecule has 0 unspecified atom stereocenters. The van der Waals surface area contributed by atoms with Gasteiger partial charge in [-0.2, -0.15) is 0 Å². The van der Waals surface area contributed by atoms with Gasteiger partial charge in [0.1, 0.15) is 11.6 Å². The van der Waals surface area contributed by atoms with E-state index in [1.807, 2.05) is 0 Å². The molecular weight excluding hydrogens is 159 g/mol. The number of aryl methyl sites for hydroxylation is 1. The first-order valence-electron chi connectivity index (χ1n) is 3.49. The number of methoxy groups -OCH3 is 1. The number of hydrogen-bond donors (Lipinski definition) is 2. The number of ether oxygens (including phenoxy) is 1. The minimum atomic E-state index is -0.330. The Bertz CT molecular complexity index is 289. The normalized spacial score (nSPS) is 9.67. The SMILES string of the molecule is COc1cc(F)cc(C)c1NN. The van der Waals surface area contributed by atoms with Crippen LogP contribution in [0.25, 0.3) is 0 Å². The molecule has 0 radical (unpaired) electrons. The fourth-order valence-corrected chi connectivity index (χ4v) is 1.06. The second-order valence-electron chi connectivity index (χ2n) is 2.44. The maximum Gasteiger partial charge on any atom is 0.146 e. The highest BCUT2D eigenvalue weighted by Gasteiger charge is 2.06. The van der Waals surface area contributed by atoms with E-state index in [1.54, 1.807) is 6.92 Å². The fourth-order valence-electron chi connectivity index (χ4n) is 1.06. The third kappa shape index (κ3) is 1.48. The molecule has 0 bridgehead atoms. The van der Waals surface area contributed by atoms with Gasteiger partial charge >= 0.3 is 0 Å². The molecule has 3 N–H and O–H groups in total. The molecule has 0 aromatic heterocycles. The zero-order chi connectivity index (χ0) is 9.14. The summed E-state index contributed by atoms with van der Waals surface area (Å²) >= 11 is 0. The minimum absolute atomic E-state index is 0.330. The van der Waals surface area contributed by atoms with Crippen LogP contribution in [0.5, 0.6) is 5.75 Å². The van der Waals surface area contributed by atoms with Crippen LogP contribution >= 0.6 is 0 Å². The van der Waals surface area contributed by atoms with E-state index in [0.29, 0.717) is 17.0 Å². The molecule has 0 aliphatic carbocycles. The van der Waals surface area contributed by atoms with E-state index in [4.69, 9.17) is 10.6 Å². The molecule has 0 atom stereocenters. The van der Waals surface area contributed by atoms with Crippen molar-refractivity contribution in [1.29, 1.82) is 0 Å². The molecule has 0 aliphatic heterocycles. The van der Waals surface area contributed by atoms with Crippen molar-refractivity contribution < 1.29 is 9.13 Å².